The first-order valence-corrected chi connectivity index (χ1v) is 10.4. The van der Waals surface area contributed by atoms with E-state index in [1.165, 1.54) is 30.5 Å². The molecule has 174 valence electrons. The van der Waals surface area contributed by atoms with E-state index in [1.54, 1.807) is 18.3 Å². The van der Waals surface area contributed by atoms with Gasteiger partial charge in [0.15, 0.2) is 6.29 Å². The van der Waals surface area contributed by atoms with Crippen LogP contribution in [0.15, 0.2) is 48.8 Å². The quantitative estimate of drug-likeness (QED) is 0.303. The van der Waals surface area contributed by atoms with Crippen molar-refractivity contribution in [2.45, 2.75) is 18.3 Å². The van der Waals surface area contributed by atoms with Gasteiger partial charge in [-0.05, 0) is 42.8 Å². The van der Waals surface area contributed by atoms with Crippen LogP contribution in [0.3, 0.4) is 0 Å². The van der Waals surface area contributed by atoms with E-state index in [2.05, 4.69) is 25.2 Å². The van der Waals surface area contributed by atoms with Crippen molar-refractivity contribution in [1.82, 2.24) is 15.2 Å². The number of aromatic amines is 1. The van der Waals surface area contributed by atoms with Crippen molar-refractivity contribution >= 4 is 29.0 Å². The van der Waals surface area contributed by atoms with E-state index in [0.29, 0.717) is 42.3 Å². The first-order chi connectivity index (χ1) is 15.7. The lowest BCUT2D eigenvalue weighted by Gasteiger charge is -2.21. The van der Waals surface area contributed by atoms with Crippen molar-refractivity contribution in [2.75, 3.05) is 23.3 Å². The molecule has 1 unspecified atom stereocenters. The SMILES string of the molecule is O=C(Nc1ccc(OC(F)(F)Cl)cc1)c1cnc(N2CCC(C(O)O)C2)c(-c2ccn[nH]2)c1. The van der Waals surface area contributed by atoms with E-state index in [-0.39, 0.29) is 17.2 Å². The number of aliphatic hydroxyl groups excluding tert-OH is 1. The molecular weight excluding hydrogens is 460 g/mol. The Hall–Kier alpha value is -3.28. The normalized spacial score (nSPS) is 16.3. The van der Waals surface area contributed by atoms with Crippen LogP contribution in [-0.2, 0) is 0 Å². The third kappa shape index (κ3) is 5.56. The standard InChI is InChI=1S/C21H20ClF2N5O4/c22-21(23,24)33-15-3-1-14(2-4-15)27-19(30)13-9-16(17-5-7-26-28-17)18(25-10-13)29-8-6-12(11-29)20(31)32/h1-5,7,9-10,12,20,31-32H,6,8,11H2,(H,26,28)(H,27,30). The third-order valence-corrected chi connectivity index (χ3v) is 5.29. The van der Waals surface area contributed by atoms with E-state index < -0.39 is 17.8 Å². The van der Waals surface area contributed by atoms with Gasteiger partial charge in [-0.2, -0.15) is 5.10 Å². The van der Waals surface area contributed by atoms with Gasteiger partial charge in [0, 0.05) is 54.3 Å². The fourth-order valence-corrected chi connectivity index (χ4v) is 3.69. The minimum absolute atomic E-state index is 0.155. The average Bonchev–Trinajstić information content (AvgIpc) is 3.46. The summed E-state index contributed by atoms with van der Waals surface area (Å²) in [6.45, 7) is 0.991. The number of aromatic nitrogens is 3. The summed E-state index contributed by atoms with van der Waals surface area (Å²) in [7, 11) is 0. The number of pyridine rings is 1. The van der Waals surface area contributed by atoms with Gasteiger partial charge in [-0.25, -0.2) is 4.98 Å². The van der Waals surface area contributed by atoms with Crippen LogP contribution < -0.4 is 15.0 Å². The van der Waals surface area contributed by atoms with E-state index >= 15 is 0 Å². The molecule has 0 radical (unpaired) electrons. The number of nitrogens with zero attached hydrogens (tertiary/aromatic N) is 3. The zero-order valence-electron chi connectivity index (χ0n) is 17.1. The van der Waals surface area contributed by atoms with Crippen molar-refractivity contribution < 1.29 is 28.5 Å². The highest BCUT2D eigenvalue weighted by Gasteiger charge is 2.30. The highest BCUT2D eigenvalue weighted by Crippen LogP contribution is 2.33. The number of anilines is 2. The number of nitrogens with one attached hydrogen (secondary N) is 2. The number of aliphatic hydroxyl groups is 2. The molecule has 1 aliphatic rings. The fourth-order valence-electron chi connectivity index (χ4n) is 3.60. The summed E-state index contributed by atoms with van der Waals surface area (Å²) in [5.41, 5.74) is -1.94. The number of benzene rings is 1. The monoisotopic (exact) mass is 479 g/mol. The molecule has 1 fully saturated rings. The van der Waals surface area contributed by atoms with Gasteiger partial charge in [-0.15, -0.1) is 8.78 Å². The molecule has 0 aliphatic carbocycles. The Balaban J connectivity index is 1.55. The largest absolute Gasteiger partial charge is 0.487 e. The highest BCUT2D eigenvalue weighted by atomic mass is 35.5. The van der Waals surface area contributed by atoms with Gasteiger partial charge in [0.25, 0.3) is 5.91 Å². The Morgan fingerprint density at radius 1 is 1.30 bits per heavy atom. The summed E-state index contributed by atoms with van der Waals surface area (Å²) in [6, 6.07) is 8.70. The van der Waals surface area contributed by atoms with Gasteiger partial charge in [-0.3, -0.25) is 9.89 Å². The van der Waals surface area contributed by atoms with Crippen LogP contribution in [0, 0.1) is 5.92 Å². The summed E-state index contributed by atoms with van der Waals surface area (Å²) in [5.74, 6) is -0.328. The molecule has 1 aromatic carbocycles. The predicted molar refractivity (Wildman–Crippen MR) is 116 cm³/mol. The van der Waals surface area contributed by atoms with Crippen LogP contribution in [0.1, 0.15) is 16.8 Å². The molecule has 3 heterocycles. The summed E-state index contributed by atoms with van der Waals surface area (Å²) in [5, 5.41) is 28.5. The van der Waals surface area contributed by atoms with Gasteiger partial charge in [0.1, 0.15) is 11.6 Å². The molecular formula is C21H20ClF2N5O4. The van der Waals surface area contributed by atoms with Crippen LogP contribution >= 0.6 is 11.6 Å². The molecule has 12 heteroatoms. The summed E-state index contributed by atoms with van der Waals surface area (Å²) < 4.78 is 29.7. The van der Waals surface area contributed by atoms with Crippen LogP contribution in [0.2, 0.25) is 0 Å². The summed E-state index contributed by atoms with van der Waals surface area (Å²) in [6.07, 6.45) is 2.17. The number of carbonyl (C=O) groups excluding carboxylic acids is 1. The number of halogens is 3. The Morgan fingerprint density at radius 2 is 2.06 bits per heavy atom. The number of hydrogen-bond acceptors (Lipinski definition) is 7. The lowest BCUT2D eigenvalue weighted by Crippen LogP contribution is -2.26. The van der Waals surface area contributed by atoms with E-state index in [0.717, 1.165) is 0 Å². The number of carbonyl (C=O) groups is 1. The first kappa shape index (κ1) is 22.9. The molecule has 0 spiro atoms. The van der Waals surface area contributed by atoms with Crippen molar-refractivity contribution in [1.29, 1.82) is 0 Å². The second kappa shape index (κ2) is 9.30. The minimum Gasteiger partial charge on any atom is -0.420 e. The number of rotatable bonds is 7. The smallest absolute Gasteiger partial charge is 0.420 e. The molecule has 0 bridgehead atoms. The van der Waals surface area contributed by atoms with Crippen molar-refractivity contribution in [3.63, 3.8) is 0 Å². The zero-order chi connectivity index (χ0) is 23.6. The van der Waals surface area contributed by atoms with Gasteiger partial charge in [0.2, 0.25) is 0 Å². The Labute approximate surface area is 192 Å². The van der Waals surface area contributed by atoms with Gasteiger partial charge >= 0.3 is 5.57 Å². The van der Waals surface area contributed by atoms with Crippen LogP contribution in [0.5, 0.6) is 5.75 Å². The zero-order valence-corrected chi connectivity index (χ0v) is 17.8. The molecule has 33 heavy (non-hydrogen) atoms. The molecule has 1 saturated heterocycles. The topological polar surface area (TPSA) is 124 Å². The average molecular weight is 480 g/mol. The van der Waals surface area contributed by atoms with Crippen molar-refractivity contribution in [3.8, 4) is 17.0 Å². The Bertz CT molecular complexity index is 1110. The van der Waals surface area contributed by atoms with Gasteiger partial charge < -0.3 is 25.2 Å². The molecule has 9 nitrogen and oxygen atoms in total. The van der Waals surface area contributed by atoms with E-state index in [9.17, 15) is 23.8 Å². The van der Waals surface area contributed by atoms with Gasteiger partial charge in [-0.1, -0.05) is 0 Å². The molecule has 3 aromatic rings. The first-order valence-electron chi connectivity index (χ1n) is 9.97. The lowest BCUT2D eigenvalue weighted by molar-refractivity contribution is -0.0964. The molecule has 1 atom stereocenters. The van der Waals surface area contributed by atoms with Crippen molar-refractivity contribution in [3.05, 3.63) is 54.4 Å². The maximum absolute atomic E-state index is 12.8. The third-order valence-electron chi connectivity index (χ3n) is 5.21. The van der Waals surface area contributed by atoms with Crippen molar-refractivity contribution in [2.24, 2.45) is 5.92 Å². The lowest BCUT2D eigenvalue weighted by atomic mass is 10.1. The van der Waals surface area contributed by atoms with Crippen LogP contribution in [-0.4, -0.2) is 56.2 Å². The van der Waals surface area contributed by atoms with Gasteiger partial charge in [0.05, 0.1) is 11.3 Å². The molecule has 0 saturated carbocycles. The van der Waals surface area contributed by atoms with E-state index in [1.807, 2.05) is 4.90 Å². The maximum atomic E-state index is 12.8. The molecule has 4 rings (SSSR count). The Kier molecular flexibility index (Phi) is 6.45. The summed E-state index contributed by atoms with van der Waals surface area (Å²) >= 11 is 4.74. The Morgan fingerprint density at radius 3 is 2.67 bits per heavy atom. The highest BCUT2D eigenvalue weighted by molar-refractivity contribution is 6.20. The second-order valence-corrected chi connectivity index (χ2v) is 7.94. The number of alkyl halides is 3. The predicted octanol–water partition coefficient (Wildman–Crippen LogP) is 3.03. The van der Waals surface area contributed by atoms with E-state index in [4.69, 9.17) is 11.6 Å². The minimum atomic E-state index is -3.83. The maximum Gasteiger partial charge on any atom is 0.487 e. The summed E-state index contributed by atoms with van der Waals surface area (Å²) in [4.78, 5) is 19.2. The number of amides is 1. The number of hydrogen-bond donors (Lipinski definition) is 4. The second-order valence-electron chi connectivity index (χ2n) is 7.50. The fraction of sp³-hybridized carbons (Fsp3) is 0.286. The number of ether oxygens (including phenoxy) is 1. The molecule has 1 amide bonds. The molecule has 1 aliphatic heterocycles. The molecule has 2 aromatic heterocycles. The van der Waals surface area contributed by atoms with Crippen LogP contribution in [0.4, 0.5) is 20.3 Å². The molecule has 4 N–H and O–H groups in total. The number of H-pyrrole nitrogens is 1. The van der Waals surface area contributed by atoms with Crippen LogP contribution in [0.25, 0.3) is 11.3 Å².